The zero-order valence-corrected chi connectivity index (χ0v) is 12.9. The monoisotopic (exact) mass is 267 g/mol. The molecule has 0 aliphatic heterocycles. The van der Waals surface area contributed by atoms with Gasteiger partial charge in [0.05, 0.1) is 0 Å². The summed E-state index contributed by atoms with van der Waals surface area (Å²) >= 11 is 0. The highest BCUT2D eigenvalue weighted by molar-refractivity contribution is 5.24. The molecule has 0 atom stereocenters. The van der Waals surface area contributed by atoms with Crippen molar-refractivity contribution in [3.8, 4) is 0 Å². The van der Waals surface area contributed by atoms with Crippen LogP contribution in [0.1, 0.15) is 36.1 Å². The van der Waals surface area contributed by atoms with Crippen molar-refractivity contribution in [1.82, 2.24) is 4.90 Å². The van der Waals surface area contributed by atoms with Crippen LogP contribution in [0, 0.1) is 0 Å². The summed E-state index contributed by atoms with van der Waals surface area (Å²) in [6.07, 6.45) is 2.22. The average molecular weight is 267 g/mol. The van der Waals surface area contributed by atoms with Crippen LogP contribution < -0.4 is 0 Å². The van der Waals surface area contributed by atoms with Gasteiger partial charge in [-0.2, -0.15) is 0 Å². The standard InChI is InChI=1S/C19H25N/c1-4-16-6-10-18(11-7-16)14-20(3)15-19-12-8-17(5-2)9-13-19/h6-13H,4-5,14-15H2,1-3H3. The van der Waals surface area contributed by atoms with E-state index in [0.717, 1.165) is 25.9 Å². The molecule has 1 heteroatoms. The zero-order chi connectivity index (χ0) is 14.4. The van der Waals surface area contributed by atoms with E-state index in [0.29, 0.717) is 0 Å². The van der Waals surface area contributed by atoms with Gasteiger partial charge in [0.15, 0.2) is 0 Å². The predicted octanol–water partition coefficient (Wildman–Crippen LogP) is 4.44. The molecule has 0 saturated heterocycles. The number of nitrogens with zero attached hydrogens (tertiary/aromatic N) is 1. The Hall–Kier alpha value is -1.60. The Balaban J connectivity index is 1.91. The molecule has 0 fully saturated rings. The van der Waals surface area contributed by atoms with Crippen LogP contribution >= 0.6 is 0 Å². The molecule has 20 heavy (non-hydrogen) atoms. The lowest BCUT2D eigenvalue weighted by molar-refractivity contribution is 0.319. The highest BCUT2D eigenvalue weighted by atomic mass is 15.1. The van der Waals surface area contributed by atoms with Crippen molar-refractivity contribution in [2.75, 3.05) is 7.05 Å². The SMILES string of the molecule is CCc1ccc(CN(C)Cc2ccc(CC)cc2)cc1. The Morgan fingerprint density at radius 2 is 0.900 bits per heavy atom. The third-order valence-electron chi connectivity index (χ3n) is 3.77. The van der Waals surface area contributed by atoms with E-state index < -0.39 is 0 Å². The summed E-state index contributed by atoms with van der Waals surface area (Å²) in [5.41, 5.74) is 5.59. The average Bonchev–Trinajstić information content (AvgIpc) is 2.49. The van der Waals surface area contributed by atoms with Gasteiger partial charge in [-0.25, -0.2) is 0 Å². The molecule has 0 heterocycles. The molecule has 1 nitrogen and oxygen atoms in total. The van der Waals surface area contributed by atoms with Gasteiger partial charge >= 0.3 is 0 Å². The van der Waals surface area contributed by atoms with Crippen molar-refractivity contribution in [2.24, 2.45) is 0 Å². The minimum Gasteiger partial charge on any atom is -0.298 e. The Labute approximate surface area is 123 Å². The molecule has 0 amide bonds. The topological polar surface area (TPSA) is 3.24 Å². The summed E-state index contributed by atoms with van der Waals surface area (Å²) < 4.78 is 0. The van der Waals surface area contributed by atoms with Crippen LogP contribution in [0.4, 0.5) is 0 Å². The Morgan fingerprint density at radius 1 is 0.600 bits per heavy atom. The number of aryl methyl sites for hydroxylation is 2. The van der Waals surface area contributed by atoms with E-state index in [-0.39, 0.29) is 0 Å². The van der Waals surface area contributed by atoms with Crippen molar-refractivity contribution >= 4 is 0 Å². The highest BCUT2D eigenvalue weighted by Gasteiger charge is 2.02. The number of rotatable bonds is 6. The van der Waals surface area contributed by atoms with Gasteiger partial charge in [-0.3, -0.25) is 4.90 Å². The van der Waals surface area contributed by atoms with E-state index in [1.165, 1.54) is 22.3 Å². The maximum atomic E-state index is 2.36. The van der Waals surface area contributed by atoms with E-state index >= 15 is 0 Å². The van der Waals surface area contributed by atoms with Crippen molar-refractivity contribution in [1.29, 1.82) is 0 Å². The molecule has 106 valence electrons. The Bertz CT molecular complexity index is 461. The van der Waals surface area contributed by atoms with E-state index in [1.807, 2.05) is 0 Å². The summed E-state index contributed by atoms with van der Waals surface area (Å²) in [6.45, 7) is 6.39. The normalized spacial score (nSPS) is 11.0. The second-order valence-electron chi connectivity index (χ2n) is 5.51. The quantitative estimate of drug-likeness (QED) is 0.747. The molecule has 0 saturated carbocycles. The number of hydrogen-bond donors (Lipinski definition) is 0. The van der Waals surface area contributed by atoms with Crippen molar-refractivity contribution < 1.29 is 0 Å². The van der Waals surface area contributed by atoms with Gasteiger partial charge in [-0.1, -0.05) is 62.4 Å². The second kappa shape index (κ2) is 7.25. The van der Waals surface area contributed by atoms with Crippen LogP contribution in [-0.2, 0) is 25.9 Å². The maximum Gasteiger partial charge on any atom is 0.0234 e. The van der Waals surface area contributed by atoms with E-state index in [9.17, 15) is 0 Å². The van der Waals surface area contributed by atoms with Crippen LogP contribution in [-0.4, -0.2) is 11.9 Å². The second-order valence-corrected chi connectivity index (χ2v) is 5.51. The summed E-state index contributed by atoms with van der Waals surface area (Å²) in [4.78, 5) is 2.36. The van der Waals surface area contributed by atoms with Crippen LogP contribution in [0.5, 0.6) is 0 Å². The van der Waals surface area contributed by atoms with E-state index in [4.69, 9.17) is 0 Å². The maximum absolute atomic E-state index is 2.36. The first-order valence-corrected chi connectivity index (χ1v) is 7.55. The van der Waals surface area contributed by atoms with Crippen molar-refractivity contribution in [3.63, 3.8) is 0 Å². The van der Waals surface area contributed by atoms with Gasteiger partial charge in [0, 0.05) is 13.1 Å². The minimum atomic E-state index is 1.000. The summed E-state index contributed by atoms with van der Waals surface area (Å²) in [7, 11) is 2.18. The fourth-order valence-corrected chi connectivity index (χ4v) is 2.44. The van der Waals surface area contributed by atoms with E-state index in [1.54, 1.807) is 0 Å². The molecule has 0 aromatic heterocycles. The summed E-state index contributed by atoms with van der Waals surface area (Å²) in [6, 6.07) is 17.9. The molecule has 2 aromatic rings. The van der Waals surface area contributed by atoms with Gasteiger partial charge in [0.1, 0.15) is 0 Å². The summed E-state index contributed by atoms with van der Waals surface area (Å²) in [5, 5.41) is 0. The van der Waals surface area contributed by atoms with Gasteiger partial charge in [0.25, 0.3) is 0 Å². The van der Waals surface area contributed by atoms with Crippen molar-refractivity contribution in [3.05, 3.63) is 70.8 Å². The molecular formula is C19H25N. The molecule has 0 bridgehead atoms. The third kappa shape index (κ3) is 4.21. The molecule has 0 unspecified atom stereocenters. The lowest BCUT2D eigenvalue weighted by Gasteiger charge is -2.17. The molecule has 0 N–H and O–H groups in total. The van der Waals surface area contributed by atoms with Gasteiger partial charge in [-0.05, 0) is 42.1 Å². The lowest BCUT2D eigenvalue weighted by atomic mass is 10.1. The van der Waals surface area contributed by atoms with Gasteiger partial charge in [-0.15, -0.1) is 0 Å². The molecule has 0 aliphatic carbocycles. The van der Waals surface area contributed by atoms with Crippen molar-refractivity contribution in [2.45, 2.75) is 39.8 Å². The zero-order valence-electron chi connectivity index (χ0n) is 12.9. The highest BCUT2D eigenvalue weighted by Crippen LogP contribution is 2.11. The minimum absolute atomic E-state index is 1.000. The summed E-state index contributed by atoms with van der Waals surface area (Å²) in [5.74, 6) is 0. The fraction of sp³-hybridized carbons (Fsp3) is 0.368. The molecule has 2 rings (SSSR count). The molecule has 0 aliphatic rings. The first-order chi connectivity index (χ1) is 9.71. The third-order valence-corrected chi connectivity index (χ3v) is 3.77. The van der Waals surface area contributed by atoms with Gasteiger partial charge < -0.3 is 0 Å². The van der Waals surface area contributed by atoms with Crippen LogP contribution in [0.25, 0.3) is 0 Å². The lowest BCUT2D eigenvalue weighted by Crippen LogP contribution is -2.17. The predicted molar refractivity (Wildman–Crippen MR) is 86.8 cm³/mol. The largest absolute Gasteiger partial charge is 0.298 e. The molecule has 2 aromatic carbocycles. The number of benzene rings is 2. The van der Waals surface area contributed by atoms with E-state index in [2.05, 4.69) is 74.3 Å². The fourth-order valence-electron chi connectivity index (χ4n) is 2.44. The molecule has 0 spiro atoms. The Morgan fingerprint density at radius 3 is 1.20 bits per heavy atom. The van der Waals surface area contributed by atoms with Crippen LogP contribution in [0.15, 0.2) is 48.5 Å². The first kappa shape index (κ1) is 14.8. The Kier molecular flexibility index (Phi) is 5.37. The van der Waals surface area contributed by atoms with Crippen LogP contribution in [0.3, 0.4) is 0 Å². The number of hydrogen-bond acceptors (Lipinski definition) is 1. The van der Waals surface area contributed by atoms with Gasteiger partial charge in [0.2, 0.25) is 0 Å². The smallest absolute Gasteiger partial charge is 0.0234 e. The first-order valence-electron chi connectivity index (χ1n) is 7.55. The molecular weight excluding hydrogens is 242 g/mol. The molecule has 0 radical (unpaired) electrons. The van der Waals surface area contributed by atoms with Crippen LogP contribution in [0.2, 0.25) is 0 Å².